The molecule has 0 unspecified atom stereocenters. The van der Waals surface area contributed by atoms with Crippen LogP contribution in [0.5, 0.6) is 23.0 Å². The number of nitrogens with zero attached hydrogens (tertiary/aromatic N) is 2. The highest BCUT2D eigenvalue weighted by molar-refractivity contribution is 5.84. The van der Waals surface area contributed by atoms with Crippen molar-refractivity contribution in [3.05, 3.63) is 182 Å². The quantitative estimate of drug-likeness (QED) is 0.104. The van der Waals surface area contributed by atoms with E-state index in [-0.39, 0.29) is 0 Å². The van der Waals surface area contributed by atoms with E-state index in [0.29, 0.717) is 46.0 Å². The SMILES string of the molecule is Nc1ccc(Oc2ccc(Oc3ccc(N)cc3-c3nc(-c4ccccc4)c(-c4ccccc4)[nH]3)cc2)c(-c2nc(-c3ccccc3)c(-c3ccccc3)[nH]2)c1. The van der Waals surface area contributed by atoms with Gasteiger partial charge in [-0.2, -0.15) is 0 Å². The molecular formula is C48H36N6O2. The first-order valence-corrected chi connectivity index (χ1v) is 18.2. The van der Waals surface area contributed by atoms with Gasteiger partial charge in [-0.15, -0.1) is 0 Å². The summed E-state index contributed by atoms with van der Waals surface area (Å²) < 4.78 is 13.0. The molecule has 7 aromatic carbocycles. The van der Waals surface area contributed by atoms with E-state index in [9.17, 15) is 0 Å². The Morgan fingerprint density at radius 1 is 0.375 bits per heavy atom. The molecule has 0 atom stereocenters. The monoisotopic (exact) mass is 728 g/mol. The maximum atomic E-state index is 6.49. The average molecular weight is 729 g/mol. The topological polar surface area (TPSA) is 128 Å². The normalized spacial score (nSPS) is 11.0. The molecule has 9 rings (SSSR count). The van der Waals surface area contributed by atoms with Gasteiger partial charge in [0.05, 0.1) is 33.9 Å². The van der Waals surface area contributed by atoms with Crippen molar-refractivity contribution in [2.75, 3.05) is 11.5 Å². The van der Waals surface area contributed by atoms with Crippen LogP contribution in [0.3, 0.4) is 0 Å². The van der Waals surface area contributed by atoms with Gasteiger partial charge in [0.2, 0.25) is 0 Å². The number of aromatic amines is 2. The van der Waals surface area contributed by atoms with Crippen LogP contribution in [0.4, 0.5) is 11.4 Å². The van der Waals surface area contributed by atoms with Gasteiger partial charge in [-0.25, -0.2) is 9.97 Å². The van der Waals surface area contributed by atoms with Crippen LogP contribution in [-0.2, 0) is 0 Å². The largest absolute Gasteiger partial charge is 0.457 e. The predicted molar refractivity (Wildman–Crippen MR) is 225 cm³/mol. The third-order valence-electron chi connectivity index (χ3n) is 9.42. The summed E-state index contributed by atoms with van der Waals surface area (Å²) in [6.45, 7) is 0. The van der Waals surface area contributed by atoms with Gasteiger partial charge in [-0.3, -0.25) is 0 Å². The van der Waals surface area contributed by atoms with Crippen LogP contribution >= 0.6 is 0 Å². The molecule has 0 aliphatic rings. The van der Waals surface area contributed by atoms with Crippen molar-refractivity contribution in [2.45, 2.75) is 0 Å². The van der Waals surface area contributed by atoms with E-state index < -0.39 is 0 Å². The molecule has 2 heterocycles. The number of hydrogen-bond donors (Lipinski definition) is 4. The Bertz CT molecular complexity index is 2440. The Morgan fingerprint density at radius 3 is 1.07 bits per heavy atom. The van der Waals surface area contributed by atoms with Crippen molar-refractivity contribution in [2.24, 2.45) is 0 Å². The number of anilines is 2. The summed E-state index contributed by atoms with van der Waals surface area (Å²) in [7, 11) is 0. The van der Waals surface area contributed by atoms with E-state index in [4.69, 9.17) is 30.9 Å². The lowest BCUT2D eigenvalue weighted by Gasteiger charge is -2.13. The van der Waals surface area contributed by atoms with Gasteiger partial charge in [0.15, 0.2) is 0 Å². The lowest BCUT2D eigenvalue weighted by atomic mass is 10.1. The number of ether oxygens (including phenoxy) is 2. The molecule has 2 aromatic heterocycles. The molecule has 0 saturated heterocycles. The zero-order valence-corrected chi connectivity index (χ0v) is 30.2. The van der Waals surface area contributed by atoms with Crippen LogP contribution < -0.4 is 20.9 Å². The van der Waals surface area contributed by atoms with Crippen molar-refractivity contribution in [3.8, 4) is 90.8 Å². The van der Waals surface area contributed by atoms with E-state index in [2.05, 4.69) is 58.5 Å². The molecule has 9 aromatic rings. The maximum Gasteiger partial charge on any atom is 0.142 e. The van der Waals surface area contributed by atoms with Crippen LogP contribution in [0.25, 0.3) is 67.8 Å². The molecule has 56 heavy (non-hydrogen) atoms. The molecule has 0 aliphatic heterocycles. The number of H-pyrrole nitrogens is 2. The summed E-state index contributed by atoms with van der Waals surface area (Å²) in [4.78, 5) is 17.3. The van der Waals surface area contributed by atoms with E-state index in [1.54, 1.807) is 0 Å². The molecule has 8 nitrogen and oxygen atoms in total. The Labute approximate surface area is 324 Å². The van der Waals surface area contributed by atoms with Crippen molar-refractivity contribution in [3.63, 3.8) is 0 Å². The lowest BCUT2D eigenvalue weighted by Crippen LogP contribution is -1.94. The highest BCUT2D eigenvalue weighted by atomic mass is 16.5. The molecular weight excluding hydrogens is 693 g/mol. The third kappa shape index (κ3) is 6.98. The molecule has 270 valence electrons. The summed E-state index contributed by atoms with van der Waals surface area (Å²) in [5, 5.41) is 0. The van der Waals surface area contributed by atoms with Gasteiger partial charge in [0, 0.05) is 33.6 Å². The fourth-order valence-electron chi connectivity index (χ4n) is 6.71. The second-order valence-electron chi connectivity index (χ2n) is 13.3. The summed E-state index contributed by atoms with van der Waals surface area (Å²) in [6, 6.07) is 59.2. The second kappa shape index (κ2) is 14.9. The smallest absolute Gasteiger partial charge is 0.142 e. The number of nitrogen functional groups attached to an aromatic ring is 2. The molecule has 0 amide bonds. The van der Waals surface area contributed by atoms with Gasteiger partial charge in [0.25, 0.3) is 0 Å². The Hall–Kier alpha value is -7.84. The molecule has 6 N–H and O–H groups in total. The van der Waals surface area contributed by atoms with Gasteiger partial charge in [0.1, 0.15) is 34.6 Å². The average Bonchev–Trinajstić information content (AvgIpc) is 3.91. The lowest BCUT2D eigenvalue weighted by molar-refractivity contribution is 0.471. The summed E-state index contributed by atoms with van der Waals surface area (Å²) in [6.07, 6.45) is 0. The van der Waals surface area contributed by atoms with E-state index in [0.717, 1.165) is 56.2 Å². The first-order valence-electron chi connectivity index (χ1n) is 18.2. The first kappa shape index (κ1) is 34.0. The van der Waals surface area contributed by atoms with Crippen molar-refractivity contribution >= 4 is 11.4 Å². The van der Waals surface area contributed by atoms with Crippen LogP contribution in [0.2, 0.25) is 0 Å². The fraction of sp³-hybridized carbons (Fsp3) is 0. The number of nitrogens with two attached hydrogens (primary N) is 2. The predicted octanol–water partition coefficient (Wildman–Crippen LogP) is 11.9. The molecule has 0 fully saturated rings. The van der Waals surface area contributed by atoms with Crippen LogP contribution in [-0.4, -0.2) is 19.9 Å². The zero-order chi connectivity index (χ0) is 37.8. The highest BCUT2D eigenvalue weighted by Gasteiger charge is 2.20. The van der Waals surface area contributed by atoms with Gasteiger partial charge >= 0.3 is 0 Å². The Kier molecular flexibility index (Phi) is 9.03. The number of imidazole rings is 2. The number of aromatic nitrogens is 4. The number of rotatable bonds is 10. The van der Waals surface area contributed by atoms with Gasteiger partial charge < -0.3 is 30.9 Å². The zero-order valence-electron chi connectivity index (χ0n) is 30.2. The fourth-order valence-corrected chi connectivity index (χ4v) is 6.71. The van der Waals surface area contributed by atoms with Crippen molar-refractivity contribution in [1.82, 2.24) is 19.9 Å². The van der Waals surface area contributed by atoms with Crippen molar-refractivity contribution in [1.29, 1.82) is 0 Å². The molecule has 0 aliphatic carbocycles. The second-order valence-corrected chi connectivity index (χ2v) is 13.3. The minimum atomic E-state index is 0.595. The third-order valence-corrected chi connectivity index (χ3v) is 9.42. The summed E-state index contributed by atoms with van der Waals surface area (Å²) >= 11 is 0. The molecule has 0 saturated carbocycles. The van der Waals surface area contributed by atoms with Crippen molar-refractivity contribution < 1.29 is 9.47 Å². The van der Waals surface area contributed by atoms with Crippen LogP contribution in [0, 0.1) is 0 Å². The van der Waals surface area contributed by atoms with Crippen LogP contribution in [0.1, 0.15) is 0 Å². The number of benzene rings is 7. The minimum Gasteiger partial charge on any atom is -0.457 e. The Balaban J connectivity index is 1.01. The molecule has 0 spiro atoms. The highest BCUT2D eigenvalue weighted by Crippen LogP contribution is 2.41. The Morgan fingerprint density at radius 2 is 0.714 bits per heavy atom. The number of nitrogens with one attached hydrogen (secondary N) is 2. The first-order chi connectivity index (χ1) is 27.6. The summed E-state index contributed by atoms with van der Waals surface area (Å²) in [5.41, 5.74) is 22.8. The van der Waals surface area contributed by atoms with E-state index >= 15 is 0 Å². The molecule has 0 bridgehead atoms. The summed E-state index contributed by atoms with van der Waals surface area (Å²) in [5.74, 6) is 3.72. The molecule has 8 heteroatoms. The van der Waals surface area contributed by atoms with Gasteiger partial charge in [-0.05, 0) is 60.7 Å². The standard InChI is InChI=1S/C48H36N6O2/c49-35-21-27-41(39(29-35)47-51-43(31-13-5-1-6-14-31)44(52-47)32-15-7-2-8-16-32)55-37-23-25-38(26-24-37)56-42-28-22-36(50)30-40(42)48-53-45(33-17-9-3-10-18-33)46(54-48)34-19-11-4-12-20-34/h1-30H,49-50H2,(H,51,52)(H,53,54). The van der Waals surface area contributed by atoms with Gasteiger partial charge in [-0.1, -0.05) is 121 Å². The van der Waals surface area contributed by atoms with E-state index in [1.807, 2.05) is 133 Å². The molecule has 0 radical (unpaired) electrons. The van der Waals surface area contributed by atoms with Crippen LogP contribution in [0.15, 0.2) is 182 Å². The number of hydrogen-bond acceptors (Lipinski definition) is 6. The van der Waals surface area contributed by atoms with E-state index in [1.165, 1.54) is 0 Å². The minimum absolute atomic E-state index is 0.595. The maximum absolute atomic E-state index is 6.49.